The summed E-state index contributed by atoms with van der Waals surface area (Å²) in [6.07, 6.45) is 11.8. The Balaban J connectivity index is 0.00000190. The molecular formula is C18H20N8O2. The van der Waals surface area contributed by atoms with Gasteiger partial charge in [0.1, 0.15) is 23.8 Å². The summed E-state index contributed by atoms with van der Waals surface area (Å²) in [5.74, 6) is 0.317. The number of nitrogens with two attached hydrogens (primary N) is 1. The maximum absolute atomic E-state index is 9.59. The van der Waals surface area contributed by atoms with E-state index in [-0.39, 0.29) is 40.5 Å². The van der Waals surface area contributed by atoms with E-state index in [1.165, 1.54) is 36.0 Å². The Kier molecular flexibility index (Phi) is 8.25. The van der Waals surface area contributed by atoms with Crippen molar-refractivity contribution in [2.24, 2.45) is 0 Å². The van der Waals surface area contributed by atoms with Gasteiger partial charge < -0.3 is 15.9 Å². The third-order valence-electron chi connectivity index (χ3n) is 2.92. The maximum Gasteiger partial charge on any atom is 0.241 e. The Labute approximate surface area is 162 Å². The molecule has 0 saturated carbocycles. The molecule has 2 aromatic rings. The van der Waals surface area contributed by atoms with Crippen LogP contribution in [0.2, 0.25) is 0 Å². The lowest BCUT2D eigenvalue weighted by Crippen LogP contribution is -2.10. The highest BCUT2D eigenvalue weighted by molar-refractivity contribution is 5.71. The number of nitrogens with one attached hydrogen (secondary N) is 1. The summed E-state index contributed by atoms with van der Waals surface area (Å²) in [4.78, 5) is 7.98. The first kappa shape index (κ1) is 21.7. The van der Waals surface area contributed by atoms with Gasteiger partial charge in [0.15, 0.2) is 17.5 Å². The molecule has 0 aliphatic rings. The largest absolute Gasteiger partial charge is 0.512 e. The third kappa shape index (κ3) is 5.34. The molecule has 0 aliphatic carbocycles. The predicted molar refractivity (Wildman–Crippen MR) is 106 cm³/mol. The summed E-state index contributed by atoms with van der Waals surface area (Å²) in [5, 5.41) is 38.1. The zero-order valence-electron chi connectivity index (χ0n) is 15.6. The molecule has 5 N–H and O–H groups in total. The van der Waals surface area contributed by atoms with Gasteiger partial charge in [-0.1, -0.05) is 26.3 Å². The average Bonchev–Trinajstić information content (AvgIpc) is 3.07. The van der Waals surface area contributed by atoms with Crippen molar-refractivity contribution in [3.8, 4) is 24.4 Å². The van der Waals surface area contributed by atoms with Gasteiger partial charge in [-0.25, -0.2) is 14.5 Å². The normalized spacial score (nSPS) is 11.3. The van der Waals surface area contributed by atoms with Gasteiger partial charge >= 0.3 is 0 Å². The van der Waals surface area contributed by atoms with Crippen LogP contribution in [-0.4, -0.2) is 34.9 Å². The first-order chi connectivity index (χ1) is 13.5. The van der Waals surface area contributed by atoms with Crippen LogP contribution in [0.5, 0.6) is 0 Å². The Morgan fingerprint density at radius 3 is 2.64 bits per heavy atom. The fourth-order valence-corrected chi connectivity index (χ4v) is 1.91. The monoisotopic (exact) mass is 380 g/mol. The zero-order valence-corrected chi connectivity index (χ0v) is 15.6. The molecule has 10 nitrogen and oxygen atoms in total. The molecular weight excluding hydrogens is 360 g/mol. The molecule has 0 spiro atoms. The SMILES string of the molecule is C#CNc1ncnc(-n2c(C#N)nnc2/C=C/C=C(O)\C=C(/C)O)c1N.CC. The summed E-state index contributed by atoms with van der Waals surface area (Å²) in [5.41, 5.74) is 6.11. The first-order valence-electron chi connectivity index (χ1n) is 8.10. The van der Waals surface area contributed by atoms with Crippen molar-refractivity contribution in [2.45, 2.75) is 20.8 Å². The van der Waals surface area contributed by atoms with E-state index in [0.717, 1.165) is 6.08 Å². The minimum Gasteiger partial charge on any atom is -0.512 e. The summed E-state index contributed by atoms with van der Waals surface area (Å²) in [7, 11) is 0. The predicted octanol–water partition coefficient (Wildman–Crippen LogP) is 2.46. The van der Waals surface area contributed by atoms with Gasteiger partial charge in [0.25, 0.3) is 0 Å². The van der Waals surface area contributed by atoms with Crippen LogP contribution in [0.25, 0.3) is 11.9 Å². The van der Waals surface area contributed by atoms with Crippen LogP contribution in [0.15, 0.2) is 36.1 Å². The van der Waals surface area contributed by atoms with Crippen LogP contribution in [0.3, 0.4) is 0 Å². The van der Waals surface area contributed by atoms with Crippen LogP contribution in [0.4, 0.5) is 11.5 Å². The molecule has 0 atom stereocenters. The molecule has 0 fully saturated rings. The standard InChI is InChI=1S/C16H14N8O2.C2H6/c1-3-19-15-14(18)16(21-9-20-15)24-12(22-23-13(24)8-17)6-4-5-11(26)7-10(2)25;1-2/h1,4-7,9,25-26H,18H2,2H3,(H,19,20,21);1-2H3/b6-4+,10-7+,11-5+;. The first-order valence-corrected chi connectivity index (χ1v) is 8.10. The van der Waals surface area contributed by atoms with Crippen molar-refractivity contribution < 1.29 is 10.2 Å². The van der Waals surface area contributed by atoms with Crippen LogP contribution >= 0.6 is 0 Å². The zero-order chi connectivity index (χ0) is 21.1. The lowest BCUT2D eigenvalue weighted by molar-refractivity contribution is 0.393. The van der Waals surface area contributed by atoms with Crippen LogP contribution in [0, 0.1) is 23.8 Å². The number of anilines is 2. The second kappa shape index (κ2) is 10.6. The average molecular weight is 380 g/mol. The minimum absolute atomic E-state index is 0.0515. The fraction of sp³-hybridized carbons (Fsp3) is 0.167. The maximum atomic E-state index is 9.59. The van der Waals surface area contributed by atoms with Crippen molar-refractivity contribution in [1.29, 1.82) is 5.26 Å². The summed E-state index contributed by atoms with van der Waals surface area (Å²) < 4.78 is 1.31. The van der Waals surface area contributed by atoms with E-state index in [1.54, 1.807) is 0 Å². The second-order valence-electron chi connectivity index (χ2n) is 4.79. The molecule has 2 heterocycles. The number of hydrogen-bond acceptors (Lipinski definition) is 9. The molecule has 28 heavy (non-hydrogen) atoms. The van der Waals surface area contributed by atoms with E-state index in [1.807, 2.05) is 19.9 Å². The molecule has 0 aliphatic heterocycles. The molecule has 2 rings (SSSR count). The van der Waals surface area contributed by atoms with Crippen LogP contribution in [-0.2, 0) is 0 Å². The molecule has 0 unspecified atom stereocenters. The molecule has 0 bridgehead atoms. The van der Waals surface area contributed by atoms with Gasteiger partial charge in [0.05, 0.1) is 5.76 Å². The quantitative estimate of drug-likeness (QED) is 0.264. The van der Waals surface area contributed by atoms with Crippen molar-refractivity contribution in [1.82, 2.24) is 24.7 Å². The number of aliphatic hydroxyl groups excluding tert-OH is 2. The third-order valence-corrected chi connectivity index (χ3v) is 2.92. The minimum atomic E-state index is -0.171. The second-order valence-corrected chi connectivity index (χ2v) is 4.79. The van der Waals surface area contributed by atoms with E-state index in [4.69, 9.17) is 17.3 Å². The molecule has 0 saturated heterocycles. The van der Waals surface area contributed by atoms with Gasteiger partial charge in [0, 0.05) is 12.1 Å². The number of aromatic nitrogens is 5. The number of nitrogen functional groups attached to an aromatic ring is 1. The number of hydrogen-bond donors (Lipinski definition) is 4. The van der Waals surface area contributed by atoms with Crippen LogP contribution in [0.1, 0.15) is 32.4 Å². The lowest BCUT2D eigenvalue weighted by atomic mass is 10.3. The highest BCUT2D eigenvalue weighted by Crippen LogP contribution is 2.23. The Morgan fingerprint density at radius 1 is 1.32 bits per heavy atom. The summed E-state index contributed by atoms with van der Waals surface area (Å²) >= 11 is 0. The molecule has 0 aromatic carbocycles. The summed E-state index contributed by atoms with van der Waals surface area (Å²) in [6, 6.07) is 4.09. The molecule has 10 heteroatoms. The fourth-order valence-electron chi connectivity index (χ4n) is 1.91. The molecule has 0 radical (unpaired) electrons. The van der Waals surface area contributed by atoms with Crippen molar-refractivity contribution in [2.75, 3.05) is 11.1 Å². The van der Waals surface area contributed by atoms with E-state index < -0.39 is 0 Å². The van der Waals surface area contributed by atoms with Gasteiger partial charge in [-0.3, -0.25) is 5.32 Å². The number of allylic oxidation sites excluding steroid dienone is 4. The number of nitriles is 1. The van der Waals surface area contributed by atoms with E-state index >= 15 is 0 Å². The van der Waals surface area contributed by atoms with Gasteiger partial charge in [-0.2, -0.15) is 5.26 Å². The summed E-state index contributed by atoms with van der Waals surface area (Å²) in [6.45, 7) is 5.42. The van der Waals surface area contributed by atoms with Crippen LogP contribution < -0.4 is 11.1 Å². The number of rotatable bonds is 5. The van der Waals surface area contributed by atoms with E-state index in [0.29, 0.717) is 0 Å². The molecule has 2 aromatic heterocycles. The van der Waals surface area contributed by atoms with Gasteiger partial charge in [0.2, 0.25) is 5.82 Å². The Morgan fingerprint density at radius 2 is 2.04 bits per heavy atom. The smallest absolute Gasteiger partial charge is 0.241 e. The van der Waals surface area contributed by atoms with Crippen molar-refractivity contribution >= 4 is 17.6 Å². The lowest BCUT2D eigenvalue weighted by Gasteiger charge is -2.09. The topological polar surface area (TPSA) is 159 Å². The number of nitrogens with zero attached hydrogens (tertiary/aromatic N) is 6. The van der Waals surface area contributed by atoms with E-state index in [9.17, 15) is 10.4 Å². The molecule has 0 amide bonds. The number of terminal acetylenes is 1. The highest BCUT2D eigenvalue weighted by Gasteiger charge is 2.17. The number of aliphatic hydroxyl groups is 2. The van der Waals surface area contributed by atoms with Gasteiger partial charge in [-0.15, -0.1) is 10.2 Å². The molecule has 144 valence electrons. The highest BCUT2D eigenvalue weighted by atomic mass is 16.3. The van der Waals surface area contributed by atoms with E-state index in [2.05, 4.69) is 31.5 Å². The Hall–Kier alpha value is -4.31. The van der Waals surface area contributed by atoms with Crippen molar-refractivity contribution in [3.63, 3.8) is 0 Å². The Bertz CT molecular complexity index is 986. The van der Waals surface area contributed by atoms with Gasteiger partial charge in [-0.05, 0) is 19.1 Å². The van der Waals surface area contributed by atoms with Crippen molar-refractivity contribution in [3.05, 3.63) is 47.7 Å².